The number of aromatic nitrogens is 1. The molecule has 1 aromatic heterocycles. The highest BCUT2D eigenvalue weighted by atomic mass is 16.2. The predicted molar refractivity (Wildman–Crippen MR) is 72.2 cm³/mol. The molecule has 1 fully saturated rings. The van der Waals surface area contributed by atoms with Crippen LogP contribution in [-0.4, -0.2) is 34.9 Å². The Kier molecular flexibility index (Phi) is 4.02. The number of piperidine rings is 1. The van der Waals surface area contributed by atoms with Gasteiger partial charge < -0.3 is 16.0 Å². The molecule has 1 unspecified atom stereocenters. The van der Waals surface area contributed by atoms with Crippen molar-refractivity contribution in [2.75, 3.05) is 24.1 Å². The number of anilines is 2. The second-order valence-electron chi connectivity index (χ2n) is 4.71. The fraction of sp³-hybridized carbons (Fsp3) is 0.538. The second kappa shape index (κ2) is 5.71. The van der Waals surface area contributed by atoms with Crippen LogP contribution in [0.3, 0.4) is 0 Å². The van der Waals surface area contributed by atoms with Crippen LogP contribution in [0.25, 0.3) is 0 Å². The van der Waals surface area contributed by atoms with Crippen molar-refractivity contribution in [1.82, 2.24) is 9.88 Å². The first-order valence-electron chi connectivity index (χ1n) is 6.43. The van der Waals surface area contributed by atoms with E-state index in [0.29, 0.717) is 5.69 Å². The molecule has 1 aromatic rings. The lowest BCUT2D eigenvalue weighted by Gasteiger charge is -2.29. The summed E-state index contributed by atoms with van der Waals surface area (Å²) in [5.41, 5.74) is 7.13. The Morgan fingerprint density at radius 2 is 2.17 bits per heavy atom. The number of hydrogen-bond acceptors (Lipinski definition) is 4. The van der Waals surface area contributed by atoms with Gasteiger partial charge in [0.15, 0.2) is 0 Å². The smallest absolute Gasteiger partial charge is 0.244 e. The van der Waals surface area contributed by atoms with Gasteiger partial charge in [-0.05, 0) is 32.3 Å². The first-order chi connectivity index (χ1) is 8.68. The van der Waals surface area contributed by atoms with Gasteiger partial charge in [0.05, 0.1) is 17.6 Å². The van der Waals surface area contributed by atoms with Crippen molar-refractivity contribution in [2.24, 2.45) is 0 Å². The van der Waals surface area contributed by atoms with Gasteiger partial charge in [0, 0.05) is 19.3 Å². The van der Waals surface area contributed by atoms with Crippen molar-refractivity contribution in [3.8, 4) is 0 Å². The summed E-state index contributed by atoms with van der Waals surface area (Å²) in [6, 6.07) is 1.53. The molecule has 98 valence electrons. The molecule has 3 N–H and O–H groups in total. The lowest BCUT2D eigenvalue weighted by Crippen LogP contribution is -2.43. The molecule has 2 rings (SSSR count). The highest BCUT2D eigenvalue weighted by Crippen LogP contribution is 2.18. The molecule has 0 bridgehead atoms. The van der Waals surface area contributed by atoms with Gasteiger partial charge in [0.25, 0.3) is 0 Å². The fourth-order valence-electron chi connectivity index (χ4n) is 2.22. The zero-order valence-electron chi connectivity index (χ0n) is 10.7. The summed E-state index contributed by atoms with van der Waals surface area (Å²) < 4.78 is 0. The van der Waals surface area contributed by atoms with E-state index < -0.39 is 0 Å². The average molecular weight is 248 g/mol. The summed E-state index contributed by atoms with van der Waals surface area (Å²) in [5.74, 6) is 0.144. The number of hydrogen-bond donors (Lipinski definition) is 2. The molecule has 5 heteroatoms. The van der Waals surface area contributed by atoms with Gasteiger partial charge in [-0.25, -0.2) is 0 Å². The molecule has 0 radical (unpaired) electrons. The molecular weight excluding hydrogens is 228 g/mol. The van der Waals surface area contributed by atoms with Crippen molar-refractivity contribution < 1.29 is 4.79 Å². The van der Waals surface area contributed by atoms with Crippen LogP contribution >= 0.6 is 0 Å². The minimum atomic E-state index is -0.257. The van der Waals surface area contributed by atoms with Gasteiger partial charge in [-0.15, -0.1) is 0 Å². The number of carbonyl (C=O) groups is 1. The molecule has 1 aliphatic rings. The molecule has 1 saturated heterocycles. The third-order valence-electron chi connectivity index (χ3n) is 3.26. The maximum Gasteiger partial charge on any atom is 0.244 e. The Hall–Kier alpha value is -1.78. The summed E-state index contributed by atoms with van der Waals surface area (Å²) in [4.78, 5) is 18.1. The largest absolute Gasteiger partial charge is 0.396 e. The van der Waals surface area contributed by atoms with Crippen LogP contribution in [0.5, 0.6) is 0 Å². The minimum Gasteiger partial charge on any atom is -0.396 e. The molecule has 0 aliphatic carbocycles. The third-order valence-corrected chi connectivity index (χ3v) is 3.26. The first kappa shape index (κ1) is 12.7. The van der Waals surface area contributed by atoms with E-state index in [1.54, 1.807) is 18.5 Å². The number of nitrogens with two attached hydrogens (primary N) is 1. The maximum atomic E-state index is 12.2. The van der Waals surface area contributed by atoms with Crippen LogP contribution in [0.15, 0.2) is 18.5 Å². The van der Waals surface area contributed by atoms with E-state index in [0.717, 1.165) is 31.6 Å². The van der Waals surface area contributed by atoms with Crippen LogP contribution in [0, 0.1) is 0 Å². The second-order valence-corrected chi connectivity index (χ2v) is 4.71. The number of likely N-dealkylation sites (tertiary alicyclic amines) is 1. The van der Waals surface area contributed by atoms with Gasteiger partial charge in [-0.2, -0.15) is 0 Å². The Bertz CT molecular complexity index is 415. The summed E-state index contributed by atoms with van der Waals surface area (Å²) in [7, 11) is 0. The van der Waals surface area contributed by atoms with Gasteiger partial charge in [-0.1, -0.05) is 0 Å². The quantitative estimate of drug-likeness (QED) is 0.850. The van der Waals surface area contributed by atoms with Crippen molar-refractivity contribution in [3.63, 3.8) is 0 Å². The lowest BCUT2D eigenvalue weighted by molar-refractivity contribution is -0.132. The molecule has 1 atom stereocenters. The number of nitrogens with one attached hydrogen (secondary N) is 1. The monoisotopic (exact) mass is 248 g/mol. The van der Waals surface area contributed by atoms with Crippen LogP contribution in [-0.2, 0) is 4.79 Å². The Morgan fingerprint density at radius 1 is 1.44 bits per heavy atom. The molecule has 1 aliphatic heterocycles. The van der Waals surface area contributed by atoms with E-state index in [-0.39, 0.29) is 11.9 Å². The molecule has 0 aromatic carbocycles. The highest BCUT2D eigenvalue weighted by molar-refractivity contribution is 5.85. The van der Waals surface area contributed by atoms with Gasteiger partial charge in [0.2, 0.25) is 5.91 Å². The zero-order chi connectivity index (χ0) is 13.0. The van der Waals surface area contributed by atoms with E-state index in [4.69, 9.17) is 5.73 Å². The molecule has 5 nitrogen and oxygen atoms in total. The molecule has 1 amide bonds. The topological polar surface area (TPSA) is 71.2 Å². The fourth-order valence-corrected chi connectivity index (χ4v) is 2.22. The summed E-state index contributed by atoms with van der Waals surface area (Å²) >= 11 is 0. The number of carbonyl (C=O) groups excluding carboxylic acids is 1. The highest BCUT2D eigenvalue weighted by Gasteiger charge is 2.22. The van der Waals surface area contributed by atoms with Crippen molar-refractivity contribution in [3.05, 3.63) is 18.5 Å². The van der Waals surface area contributed by atoms with Crippen LogP contribution in [0.2, 0.25) is 0 Å². The SMILES string of the molecule is CC(Nc1ccncc1N)C(=O)N1CCCCC1. The molecule has 18 heavy (non-hydrogen) atoms. The minimum absolute atomic E-state index is 0.144. The van der Waals surface area contributed by atoms with E-state index in [9.17, 15) is 4.79 Å². The summed E-state index contributed by atoms with van der Waals surface area (Å²) in [6.45, 7) is 3.62. The van der Waals surface area contributed by atoms with Crippen molar-refractivity contribution >= 4 is 17.3 Å². The standard InChI is InChI=1S/C13H20N4O/c1-10(13(18)17-7-3-2-4-8-17)16-12-5-6-15-9-11(12)14/h5-6,9-10H,2-4,7-8,14H2,1H3,(H,15,16). The number of pyridine rings is 1. The predicted octanol–water partition coefficient (Wildman–Crippen LogP) is 1.48. The third kappa shape index (κ3) is 2.91. The number of rotatable bonds is 3. The zero-order valence-corrected chi connectivity index (χ0v) is 10.7. The van der Waals surface area contributed by atoms with E-state index in [1.807, 2.05) is 11.8 Å². The van der Waals surface area contributed by atoms with E-state index in [2.05, 4.69) is 10.3 Å². The maximum absolute atomic E-state index is 12.2. The van der Waals surface area contributed by atoms with E-state index in [1.165, 1.54) is 6.42 Å². The number of nitrogens with zero attached hydrogens (tertiary/aromatic N) is 2. The first-order valence-corrected chi connectivity index (χ1v) is 6.43. The molecule has 0 spiro atoms. The van der Waals surface area contributed by atoms with Crippen LogP contribution < -0.4 is 11.1 Å². The average Bonchev–Trinajstić information content (AvgIpc) is 2.41. The van der Waals surface area contributed by atoms with Crippen LogP contribution in [0.4, 0.5) is 11.4 Å². The number of nitrogen functional groups attached to an aromatic ring is 1. The van der Waals surface area contributed by atoms with Gasteiger partial charge >= 0.3 is 0 Å². The summed E-state index contributed by atoms with van der Waals surface area (Å²) in [5, 5.41) is 3.15. The molecule has 0 saturated carbocycles. The van der Waals surface area contributed by atoms with Crippen LogP contribution in [0.1, 0.15) is 26.2 Å². The Balaban J connectivity index is 1.96. The lowest BCUT2D eigenvalue weighted by atomic mass is 10.1. The number of amides is 1. The van der Waals surface area contributed by atoms with Gasteiger partial charge in [0.1, 0.15) is 6.04 Å². The van der Waals surface area contributed by atoms with E-state index >= 15 is 0 Å². The normalized spacial score (nSPS) is 17.3. The Morgan fingerprint density at radius 3 is 2.83 bits per heavy atom. The van der Waals surface area contributed by atoms with Gasteiger partial charge in [-0.3, -0.25) is 9.78 Å². The summed E-state index contributed by atoms with van der Waals surface area (Å²) in [6.07, 6.45) is 6.69. The van der Waals surface area contributed by atoms with Crippen molar-refractivity contribution in [1.29, 1.82) is 0 Å². The molecule has 2 heterocycles. The van der Waals surface area contributed by atoms with Crippen molar-refractivity contribution in [2.45, 2.75) is 32.2 Å². The Labute approximate surface area is 107 Å². The molecular formula is C13H20N4O.